The van der Waals surface area contributed by atoms with Crippen molar-refractivity contribution in [3.05, 3.63) is 0 Å². The largest absolute Gasteiger partial charge is 0.328 e. The van der Waals surface area contributed by atoms with Gasteiger partial charge in [-0.15, -0.1) is 0 Å². The first-order valence-corrected chi connectivity index (χ1v) is 7.16. The summed E-state index contributed by atoms with van der Waals surface area (Å²) in [5.41, 5.74) is 5.87. The second-order valence-electron chi connectivity index (χ2n) is 6.04. The highest BCUT2D eigenvalue weighted by atomic mass is 16.1. The minimum atomic E-state index is 0.349. The molecule has 2 aliphatic rings. The molecule has 3 nitrogen and oxygen atoms in total. The lowest BCUT2D eigenvalue weighted by atomic mass is 9.81. The predicted molar refractivity (Wildman–Crippen MR) is 69.8 cm³/mol. The topological polar surface area (TPSA) is 46.3 Å². The summed E-state index contributed by atoms with van der Waals surface area (Å²) < 4.78 is 0. The summed E-state index contributed by atoms with van der Waals surface area (Å²) in [4.78, 5) is 14.5. The number of Topliss-reactive ketones (excluding diaryl/α,β-unsaturated/α-hetero) is 1. The minimum Gasteiger partial charge on any atom is -0.328 e. The van der Waals surface area contributed by atoms with Crippen LogP contribution >= 0.6 is 0 Å². The van der Waals surface area contributed by atoms with E-state index in [0.29, 0.717) is 24.3 Å². The summed E-state index contributed by atoms with van der Waals surface area (Å²) in [6, 6.07) is 0.358. The van der Waals surface area contributed by atoms with Gasteiger partial charge in [0.15, 0.2) is 0 Å². The van der Waals surface area contributed by atoms with Crippen LogP contribution in [0.5, 0.6) is 0 Å². The zero-order valence-corrected chi connectivity index (χ0v) is 11.0. The molecular weight excluding hydrogens is 212 g/mol. The van der Waals surface area contributed by atoms with Gasteiger partial charge in [-0.25, -0.2) is 0 Å². The van der Waals surface area contributed by atoms with Gasteiger partial charge in [-0.05, 0) is 31.6 Å². The van der Waals surface area contributed by atoms with Gasteiger partial charge in [-0.2, -0.15) is 0 Å². The van der Waals surface area contributed by atoms with Gasteiger partial charge in [0.1, 0.15) is 5.78 Å². The zero-order valence-electron chi connectivity index (χ0n) is 11.0. The highest BCUT2D eigenvalue weighted by Gasteiger charge is 2.26. The summed E-state index contributed by atoms with van der Waals surface area (Å²) in [5, 5.41) is 0. The summed E-state index contributed by atoms with van der Waals surface area (Å²) in [5.74, 6) is 1.65. The fourth-order valence-electron chi connectivity index (χ4n) is 3.04. The monoisotopic (exact) mass is 238 g/mol. The van der Waals surface area contributed by atoms with Crippen molar-refractivity contribution < 1.29 is 4.79 Å². The molecule has 98 valence electrons. The van der Waals surface area contributed by atoms with Gasteiger partial charge >= 0.3 is 0 Å². The molecule has 17 heavy (non-hydrogen) atoms. The molecule has 3 heteroatoms. The first kappa shape index (κ1) is 13.0. The molecule has 2 fully saturated rings. The summed E-state index contributed by atoms with van der Waals surface area (Å²) in [7, 11) is 0. The molecule has 0 atom stereocenters. The van der Waals surface area contributed by atoms with Crippen molar-refractivity contribution in [2.45, 2.75) is 51.5 Å². The van der Waals surface area contributed by atoms with Crippen molar-refractivity contribution in [1.29, 1.82) is 0 Å². The Labute approximate surface area is 105 Å². The first-order chi connectivity index (χ1) is 8.15. The van der Waals surface area contributed by atoms with Gasteiger partial charge in [0, 0.05) is 25.0 Å². The highest BCUT2D eigenvalue weighted by molar-refractivity contribution is 5.83. The predicted octanol–water partition coefficient (Wildman–Crippen LogP) is 1.80. The van der Waals surface area contributed by atoms with Crippen LogP contribution in [0.3, 0.4) is 0 Å². The number of carbonyl (C=O) groups excluding carboxylic acids is 1. The van der Waals surface area contributed by atoms with E-state index < -0.39 is 0 Å². The van der Waals surface area contributed by atoms with E-state index >= 15 is 0 Å². The summed E-state index contributed by atoms with van der Waals surface area (Å²) >= 11 is 0. The maximum Gasteiger partial charge on any atom is 0.149 e. The van der Waals surface area contributed by atoms with Gasteiger partial charge in [0.25, 0.3) is 0 Å². The number of ketones is 1. The molecule has 0 unspecified atom stereocenters. The lowest BCUT2D eigenvalue weighted by molar-refractivity contribution is -0.125. The molecule has 1 aliphatic heterocycles. The molecular formula is C14H26N2O. The highest BCUT2D eigenvalue weighted by Crippen LogP contribution is 2.29. The Kier molecular flexibility index (Phi) is 4.57. The van der Waals surface area contributed by atoms with Crippen LogP contribution in [0.1, 0.15) is 45.4 Å². The molecule has 2 N–H and O–H groups in total. The third kappa shape index (κ3) is 3.78. The van der Waals surface area contributed by atoms with Gasteiger partial charge < -0.3 is 5.73 Å². The number of nitrogens with two attached hydrogens (primary N) is 1. The number of likely N-dealkylation sites (tertiary alicyclic amines) is 1. The number of rotatable bonds is 3. The van der Waals surface area contributed by atoms with E-state index in [-0.39, 0.29) is 0 Å². The molecule has 1 saturated heterocycles. The molecule has 1 heterocycles. The maximum absolute atomic E-state index is 12.2. The van der Waals surface area contributed by atoms with E-state index in [1.165, 1.54) is 12.8 Å². The normalized spacial score (nSPS) is 32.6. The van der Waals surface area contributed by atoms with Gasteiger partial charge in [0.2, 0.25) is 0 Å². The van der Waals surface area contributed by atoms with Crippen LogP contribution < -0.4 is 5.73 Å². The van der Waals surface area contributed by atoms with E-state index in [0.717, 1.165) is 44.7 Å². The van der Waals surface area contributed by atoms with E-state index in [1.807, 2.05) is 0 Å². The standard InChI is InChI=1S/C14H26N2O/c1-11-2-4-12(5-3-11)14(17)10-16-8-6-13(15)7-9-16/h11-13H,2-10,15H2,1H3. The quantitative estimate of drug-likeness (QED) is 0.815. The van der Waals surface area contributed by atoms with Gasteiger partial charge in [-0.3, -0.25) is 9.69 Å². The van der Waals surface area contributed by atoms with Crippen LogP contribution in [0, 0.1) is 11.8 Å². The smallest absolute Gasteiger partial charge is 0.149 e. The van der Waals surface area contributed by atoms with Gasteiger partial charge in [0.05, 0.1) is 6.54 Å². The number of carbonyl (C=O) groups is 1. The Morgan fingerprint density at radius 2 is 1.71 bits per heavy atom. The molecule has 0 bridgehead atoms. The average molecular weight is 238 g/mol. The van der Waals surface area contributed by atoms with Crippen LogP contribution in [0.15, 0.2) is 0 Å². The molecule has 0 aromatic rings. The van der Waals surface area contributed by atoms with E-state index in [4.69, 9.17) is 5.73 Å². The molecule has 0 aromatic carbocycles. The molecule has 0 spiro atoms. The number of piperidine rings is 1. The maximum atomic E-state index is 12.2. The van der Waals surface area contributed by atoms with E-state index in [2.05, 4.69) is 11.8 Å². The molecule has 0 radical (unpaired) electrons. The SMILES string of the molecule is CC1CCC(C(=O)CN2CCC(N)CC2)CC1. The Morgan fingerprint density at radius 1 is 1.12 bits per heavy atom. The fraction of sp³-hybridized carbons (Fsp3) is 0.929. The van der Waals surface area contributed by atoms with Crippen molar-refractivity contribution in [2.24, 2.45) is 17.6 Å². The van der Waals surface area contributed by atoms with Crippen LogP contribution in [-0.2, 0) is 4.79 Å². The summed E-state index contributed by atoms with van der Waals surface area (Å²) in [6.45, 7) is 4.99. The van der Waals surface area contributed by atoms with Crippen LogP contribution in [0.2, 0.25) is 0 Å². The van der Waals surface area contributed by atoms with Crippen molar-refractivity contribution in [3.8, 4) is 0 Å². The Balaban J connectivity index is 1.73. The molecule has 1 aliphatic carbocycles. The van der Waals surface area contributed by atoms with Crippen molar-refractivity contribution in [1.82, 2.24) is 4.90 Å². The Bertz CT molecular complexity index is 251. The second kappa shape index (κ2) is 5.96. The lowest BCUT2D eigenvalue weighted by Crippen LogP contribution is -2.43. The minimum absolute atomic E-state index is 0.349. The Hall–Kier alpha value is -0.410. The average Bonchev–Trinajstić information content (AvgIpc) is 2.33. The molecule has 0 aromatic heterocycles. The third-order valence-corrected chi connectivity index (χ3v) is 4.48. The molecule has 2 rings (SSSR count). The third-order valence-electron chi connectivity index (χ3n) is 4.48. The van der Waals surface area contributed by atoms with Crippen LogP contribution in [0.4, 0.5) is 0 Å². The number of hydrogen-bond acceptors (Lipinski definition) is 3. The molecule has 0 amide bonds. The van der Waals surface area contributed by atoms with E-state index in [1.54, 1.807) is 0 Å². The number of nitrogens with zero attached hydrogens (tertiary/aromatic N) is 1. The zero-order chi connectivity index (χ0) is 12.3. The fourth-order valence-corrected chi connectivity index (χ4v) is 3.04. The van der Waals surface area contributed by atoms with Crippen molar-refractivity contribution in [3.63, 3.8) is 0 Å². The Morgan fingerprint density at radius 3 is 2.29 bits per heavy atom. The van der Waals surface area contributed by atoms with Crippen molar-refractivity contribution in [2.75, 3.05) is 19.6 Å². The van der Waals surface area contributed by atoms with E-state index in [9.17, 15) is 4.79 Å². The lowest BCUT2D eigenvalue weighted by Gasteiger charge is -2.32. The van der Waals surface area contributed by atoms with Crippen molar-refractivity contribution >= 4 is 5.78 Å². The summed E-state index contributed by atoms with van der Waals surface area (Å²) in [6.07, 6.45) is 6.81. The molecule has 1 saturated carbocycles. The van der Waals surface area contributed by atoms with Gasteiger partial charge in [-0.1, -0.05) is 19.8 Å². The van der Waals surface area contributed by atoms with Crippen LogP contribution in [0.25, 0.3) is 0 Å². The first-order valence-electron chi connectivity index (χ1n) is 7.16. The van der Waals surface area contributed by atoms with Crippen LogP contribution in [-0.4, -0.2) is 36.4 Å². The second-order valence-corrected chi connectivity index (χ2v) is 6.04. The number of hydrogen-bond donors (Lipinski definition) is 1.